The molecule has 0 radical (unpaired) electrons. The number of hydrogen-bond acceptors (Lipinski definition) is 6. The van der Waals surface area contributed by atoms with Crippen molar-refractivity contribution >= 4 is 60.8 Å². The summed E-state index contributed by atoms with van der Waals surface area (Å²) < 4.78 is 2.97. The molecule has 0 saturated carbocycles. The van der Waals surface area contributed by atoms with Crippen molar-refractivity contribution in [2.75, 3.05) is 11.1 Å². The lowest BCUT2D eigenvalue weighted by atomic mass is 10.0. The van der Waals surface area contributed by atoms with E-state index in [1.165, 1.54) is 39.4 Å². The molecule has 9 heteroatoms. The summed E-state index contributed by atoms with van der Waals surface area (Å²) in [6, 6.07) is 32.6. The van der Waals surface area contributed by atoms with Crippen LogP contribution in [0, 0.1) is 0 Å². The number of carbonyl (C=O) groups is 1. The smallest absolute Gasteiger partial charge is 0.236 e. The highest BCUT2D eigenvalue weighted by Gasteiger charge is 2.18. The van der Waals surface area contributed by atoms with Crippen LogP contribution >= 0.6 is 39.0 Å². The molecular weight excluding hydrogens is 590 g/mol. The van der Waals surface area contributed by atoms with Gasteiger partial charge in [0.05, 0.1) is 5.75 Å². The molecule has 1 N–H and O–H groups in total. The van der Waals surface area contributed by atoms with Crippen molar-refractivity contribution in [3.05, 3.63) is 118 Å². The molecule has 0 spiro atoms. The number of aromatic nitrogens is 4. The average molecular weight is 613 g/mol. The van der Waals surface area contributed by atoms with Gasteiger partial charge in [-0.25, -0.2) is 4.98 Å². The van der Waals surface area contributed by atoms with Gasteiger partial charge in [-0.2, -0.15) is 0 Å². The van der Waals surface area contributed by atoms with Crippen molar-refractivity contribution in [3.63, 3.8) is 0 Å². The van der Waals surface area contributed by atoms with E-state index < -0.39 is 0 Å². The van der Waals surface area contributed by atoms with Crippen LogP contribution in [0.5, 0.6) is 0 Å². The zero-order valence-corrected chi connectivity index (χ0v) is 23.8. The fraction of sp³-hybridized carbons (Fsp3) is 0.0667. The number of para-hydroxylation sites is 1. The van der Waals surface area contributed by atoms with Crippen LogP contribution in [0.25, 0.3) is 27.8 Å². The summed E-state index contributed by atoms with van der Waals surface area (Å²) in [6.45, 7) is 0. The van der Waals surface area contributed by atoms with Gasteiger partial charge in [-0.1, -0.05) is 100 Å². The standard InChI is InChI=1S/C30H22BrN5OS2/c31-23-15-13-21(14-16-23)28-34-35-30(36(28)24-10-2-1-3-11-24)38-19-27(37)33-29-32-18-25(39-29)17-22-9-6-8-20-7-4-5-12-26(20)22/h1-16,18H,17,19H2,(H,32,33,37). The number of thiazole rings is 1. The highest BCUT2D eigenvalue weighted by Crippen LogP contribution is 2.30. The Bertz CT molecular complexity index is 1740. The van der Waals surface area contributed by atoms with Crippen LogP contribution in [0.4, 0.5) is 5.13 Å². The second-order valence-corrected chi connectivity index (χ2v) is 11.7. The minimum atomic E-state index is -0.140. The Morgan fingerprint density at radius 3 is 2.51 bits per heavy atom. The van der Waals surface area contributed by atoms with Crippen LogP contribution in [0.2, 0.25) is 0 Å². The monoisotopic (exact) mass is 611 g/mol. The first-order chi connectivity index (χ1) is 19.1. The van der Waals surface area contributed by atoms with Gasteiger partial charge in [-0.05, 0) is 40.6 Å². The number of amides is 1. The third-order valence-corrected chi connectivity index (χ3v) is 8.50. The van der Waals surface area contributed by atoms with Gasteiger partial charge in [0, 0.05) is 33.2 Å². The van der Waals surface area contributed by atoms with Gasteiger partial charge in [-0.15, -0.1) is 21.5 Å². The Hall–Kier alpha value is -3.79. The molecule has 6 aromatic rings. The Kier molecular flexibility index (Phi) is 7.53. The molecule has 4 aromatic carbocycles. The van der Waals surface area contributed by atoms with Crippen LogP contribution in [0.3, 0.4) is 0 Å². The Morgan fingerprint density at radius 2 is 1.67 bits per heavy atom. The molecule has 1 amide bonds. The maximum atomic E-state index is 12.9. The van der Waals surface area contributed by atoms with E-state index in [0.717, 1.165) is 32.8 Å². The van der Waals surface area contributed by atoms with E-state index in [2.05, 4.69) is 78.9 Å². The number of rotatable bonds is 8. The van der Waals surface area contributed by atoms with Crippen molar-refractivity contribution in [3.8, 4) is 17.1 Å². The van der Waals surface area contributed by atoms with Gasteiger partial charge in [-0.3, -0.25) is 9.36 Å². The SMILES string of the molecule is O=C(CSc1nnc(-c2ccc(Br)cc2)n1-c1ccccc1)Nc1ncc(Cc2cccc3ccccc23)s1. The van der Waals surface area contributed by atoms with Crippen molar-refractivity contribution in [2.45, 2.75) is 11.6 Å². The summed E-state index contributed by atoms with van der Waals surface area (Å²) in [5.74, 6) is 0.761. The number of carbonyl (C=O) groups excluding carboxylic acids is 1. The number of anilines is 1. The maximum absolute atomic E-state index is 12.9. The van der Waals surface area contributed by atoms with Gasteiger partial charge < -0.3 is 5.32 Å². The lowest BCUT2D eigenvalue weighted by molar-refractivity contribution is -0.113. The largest absolute Gasteiger partial charge is 0.301 e. The molecule has 0 unspecified atom stereocenters. The van der Waals surface area contributed by atoms with Crippen molar-refractivity contribution < 1.29 is 4.79 Å². The number of nitrogens with zero attached hydrogens (tertiary/aromatic N) is 4. The van der Waals surface area contributed by atoms with E-state index in [-0.39, 0.29) is 11.7 Å². The number of thioether (sulfide) groups is 1. The van der Waals surface area contributed by atoms with Gasteiger partial charge in [0.25, 0.3) is 0 Å². The molecule has 0 aliphatic heterocycles. The van der Waals surface area contributed by atoms with E-state index in [9.17, 15) is 4.79 Å². The first-order valence-electron chi connectivity index (χ1n) is 12.2. The summed E-state index contributed by atoms with van der Waals surface area (Å²) in [5, 5.41) is 15.5. The van der Waals surface area contributed by atoms with Crippen LogP contribution in [0.15, 0.2) is 113 Å². The molecule has 6 nitrogen and oxygen atoms in total. The van der Waals surface area contributed by atoms with Crippen molar-refractivity contribution in [1.29, 1.82) is 0 Å². The molecule has 192 valence electrons. The van der Waals surface area contributed by atoms with E-state index in [1.807, 2.05) is 65.4 Å². The zero-order valence-electron chi connectivity index (χ0n) is 20.6. The van der Waals surface area contributed by atoms with Gasteiger partial charge in [0.15, 0.2) is 16.1 Å². The van der Waals surface area contributed by atoms with E-state index in [1.54, 1.807) is 0 Å². The number of nitrogens with one attached hydrogen (secondary N) is 1. The Labute approximate surface area is 242 Å². The average Bonchev–Trinajstić information content (AvgIpc) is 3.60. The molecule has 2 heterocycles. The molecule has 0 fully saturated rings. The fourth-order valence-corrected chi connectivity index (χ4v) is 6.19. The molecule has 0 atom stereocenters. The second kappa shape index (κ2) is 11.5. The predicted octanol–water partition coefficient (Wildman–Crippen LogP) is 7.63. The highest BCUT2D eigenvalue weighted by molar-refractivity contribution is 9.10. The van der Waals surface area contributed by atoms with Crippen LogP contribution in [-0.4, -0.2) is 31.4 Å². The number of benzene rings is 4. The second-order valence-electron chi connectivity index (χ2n) is 8.77. The summed E-state index contributed by atoms with van der Waals surface area (Å²) in [7, 11) is 0. The summed E-state index contributed by atoms with van der Waals surface area (Å²) in [4.78, 5) is 18.4. The van der Waals surface area contributed by atoms with Crippen LogP contribution in [0.1, 0.15) is 10.4 Å². The molecule has 6 rings (SSSR count). The lowest BCUT2D eigenvalue weighted by Gasteiger charge is -2.10. The van der Waals surface area contributed by atoms with Gasteiger partial charge in [0.1, 0.15) is 0 Å². The quantitative estimate of drug-likeness (QED) is 0.179. The molecule has 0 aliphatic rings. The first kappa shape index (κ1) is 25.5. The van der Waals surface area contributed by atoms with Crippen molar-refractivity contribution in [1.82, 2.24) is 19.7 Å². The summed E-state index contributed by atoms with van der Waals surface area (Å²) in [5.41, 5.74) is 3.11. The normalized spacial score (nSPS) is 11.1. The van der Waals surface area contributed by atoms with Crippen LogP contribution < -0.4 is 5.32 Å². The lowest BCUT2D eigenvalue weighted by Crippen LogP contribution is -2.14. The maximum Gasteiger partial charge on any atom is 0.236 e. The van der Waals surface area contributed by atoms with Crippen molar-refractivity contribution in [2.24, 2.45) is 0 Å². The first-order valence-corrected chi connectivity index (χ1v) is 14.8. The highest BCUT2D eigenvalue weighted by atomic mass is 79.9. The minimum Gasteiger partial charge on any atom is -0.301 e. The third-order valence-electron chi connectivity index (χ3n) is 6.13. The minimum absolute atomic E-state index is 0.140. The molecule has 0 saturated heterocycles. The predicted molar refractivity (Wildman–Crippen MR) is 163 cm³/mol. The Morgan fingerprint density at radius 1 is 0.897 bits per heavy atom. The Balaban J connectivity index is 1.15. The molecule has 2 aromatic heterocycles. The molecular formula is C30H22BrN5OS2. The van der Waals surface area contributed by atoms with E-state index >= 15 is 0 Å². The fourth-order valence-electron chi connectivity index (χ4n) is 4.33. The topological polar surface area (TPSA) is 72.7 Å². The van der Waals surface area contributed by atoms with Gasteiger partial charge >= 0.3 is 0 Å². The number of fused-ring (bicyclic) bond motifs is 1. The van der Waals surface area contributed by atoms with Gasteiger partial charge in [0.2, 0.25) is 5.91 Å². The molecule has 0 bridgehead atoms. The summed E-state index contributed by atoms with van der Waals surface area (Å²) >= 11 is 6.33. The zero-order chi connectivity index (χ0) is 26.6. The van der Waals surface area contributed by atoms with Crippen LogP contribution in [-0.2, 0) is 11.2 Å². The number of halogens is 1. The van der Waals surface area contributed by atoms with E-state index in [4.69, 9.17) is 0 Å². The third kappa shape index (κ3) is 5.80. The summed E-state index contributed by atoms with van der Waals surface area (Å²) in [6.07, 6.45) is 2.61. The van der Waals surface area contributed by atoms with E-state index in [0.29, 0.717) is 10.3 Å². The number of hydrogen-bond donors (Lipinski definition) is 1. The molecule has 39 heavy (non-hydrogen) atoms. The molecule has 0 aliphatic carbocycles.